The molecule has 3 rings (SSSR count). The molecule has 0 fully saturated rings. The van der Waals surface area contributed by atoms with Crippen molar-refractivity contribution in [1.29, 1.82) is 0 Å². The Kier molecular flexibility index (Phi) is 19.3. The third kappa shape index (κ3) is 14.3. The molecule has 1 amide bonds. The molecule has 55 heavy (non-hydrogen) atoms. The summed E-state index contributed by atoms with van der Waals surface area (Å²) in [7, 11) is 3.98. The Morgan fingerprint density at radius 3 is 1.87 bits per heavy atom. The Hall–Kier alpha value is -3.84. The fourth-order valence-electron chi connectivity index (χ4n) is 6.91. The molecule has 3 aromatic carbocycles. The minimum Gasteiger partial charge on any atom is -0.489 e. The van der Waals surface area contributed by atoms with E-state index in [2.05, 4.69) is 38.2 Å². The SMILES string of the molecule is CCCCCCCCCCCCCCCCOC(=O)c1cc(NC(=O)C(=Nc2ccc(N(C)C)cc2C)c2c(C)cc(C)c(C)c2C)c(OC(C)C)cc1Cl. The maximum atomic E-state index is 14.5. The molecular formula is C47H68ClN3O4. The van der Waals surface area contributed by atoms with Crippen molar-refractivity contribution in [3.8, 4) is 5.75 Å². The summed E-state index contributed by atoms with van der Waals surface area (Å²) in [6, 6.07) is 11.2. The van der Waals surface area contributed by atoms with E-state index in [1.807, 2.05) is 65.7 Å². The number of rotatable bonds is 23. The summed E-state index contributed by atoms with van der Waals surface area (Å²) in [6.07, 6.45) is 17.4. The molecule has 0 aliphatic carbocycles. The monoisotopic (exact) mass is 773 g/mol. The average molecular weight is 775 g/mol. The number of hydrogen-bond acceptors (Lipinski definition) is 6. The van der Waals surface area contributed by atoms with Crippen LogP contribution in [-0.2, 0) is 9.53 Å². The topological polar surface area (TPSA) is 80.2 Å². The lowest BCUT2D eigenvalue weighted by atomic mass is 9.91. The van der Waals surface area contributed by atoms with E-state index in [1.54, 1.807) is 12.1 Å². The van der Waals surface area contributed by atoms with Crippen molar-refractivity contribution in [1.82, 2.24) is 0 Å². The van der Waals surface area contributed by atoms with Gasteiger partial charge in [0.25, 0.3) is 5.91 Å². The van der Waals surface area contributed by atoms with Crippen LogP contribution in [0.15, 0.2) is 41.4 Å². The zero-order valence-electron chi connectivity index (χ0n) is 35.6. The van der Waals surface area contributed by atoms with Crippen LogP contribution in [0.1, 0.15) is 154 Å². The van der Waals surface area contributed by atoms with Crippen molar-refractivity contribution in [2.45, 2.75) is 151 Å². The van der Waals surface area contributed by atoms with Gasteiger partial charge in [0.2, 0.25) is 0 Å². The van der Waals surface area contributed by atoms with Crippen LogP contribution in [0, 0.1) is 34.6 Å². The van der Waals surface area contributed by atoms with E-state index in [0.29, 0.717) is 23.7 Å². The van der Waals surface area contributed by atoms with Gasteiger partial charge in [0.15, 0.2) is 0 Å². The second-order valence-electron chi connectivity index (χ2n) is 15.6. The molecule has 0 aromatic heterocycles. The number of aliphatic imine (C=N–C) groups is 1. The molecule has 0 spiro atoms. The molecule has 0 radical (unpaired) electrons. The van der Waals surface area contributed by atoms with Gasteiger partial charge in [0.1, 0.15) is 11.5 Å². The number of nitrogens with zero attached hydrogens (tertiary/aromatic N) is 2. The number of amides is 1. The first-order chi connectivity index (χ1) is 26.2. The first-order valence-corrected chi connectivity index (χ1v) is 21.1. The Labute approximate surface area is 337 Å². The minimum atomic E-state index is -0.530. The van der Waals surface area contributed by atoms with Crippen molar-refractivity contribution in [2.24, 2.45) is 4.99 Å². The summed E-state index contributed by atoms with van der Waals surface area (Å²) in [6.45, 7) is 16.5. The van der Waals surface area contributed by atoms with Crippen LogP contribution in [0.5, 0.6) is 5.75 Å². The highest BCUT2D eigenvalue weighted by Crippen LogP contribution is 2.34. The van der Waals surface area contributed by atoms with Gasteiger partial charge in [0, 0.05) is 31.4 Å². The van der Waals surface area contributed by atoms with Gasteiger partial charge in [-0.3, -0.25) is 4.79 Å². The zero-order valence-corrected chi connectivity index (χ0v) is 36.3. The van der Waals surface area contributed by atoms with Gasteiger partial charge in [-0.2, -0.15) is 0 Å². The van der Waals surface area contributed by atoms with E-state index in [1.165, 1.54) is 70.6 Å². The van der Waals surface area contributed by atoms with Crippen LogP contribution < -0.4 is 15.0 Å². The molecule has 0 saturated heterocycles. The first-order valence-electron chi connectivity index (χ1n) is 20.7. The van der Waals surface area contributed by atoms with E-state index >= 15 is 0 Å². The lowest BCUT2D eigenvalue weighted by Gasteiger charge is -2.20. The molecule has 0 atom stereocenters. The number of aryl methyl sites for hydroxylation is 3. The largest absolute Gasteiger partial charge is 0.489 e. The maximum Gasteiger partial charge on any atom is 0.339 e. The van der Waals surface area contributed by atoms with Gasteiger partial charge in [0.05, 0.1) is 34.7 Å². The molecule has 0 aliphatic heterocycles. The lowest BCUT2D eigenvalue weighted by Crippen LogP contribution is -2.26. The van der Waals surface area contributed by atoms with Crippen molar-refractivity contribution in [2.75, 3.05) is 30.9 Å². The van der Waals surface area contributed by atoms with Crippen LogP contribution in [0.3, 0.4) is 0 Å². The molecule has 3 aromatic rings. The number of anilines is 2. The molecule has 0 aliphatic rings. The Morgan fingerprint density at radius 2 is 1.33 bits per heavy atom. The molecular weight excluding hydrogens is 706 g/mol. The summed E-state index contributed by atoms with van der Waals surface area (Å²) in [5.74, 6) is -0.600. The fourth-order valence-corrected chi connectivity index (χ4v) is 7.14. The van der Waals surface area contributed by atoms with Crippen molar-refractivity contribution in [3.63, 3.8) is 0 Å². The lowest BCUT2D eigenvalue weighted by molar-refractivity contribution is -0.110. The highest BCUT2D eigenvalue weighted by atomic mass is 35.5. The van der Waals surface area contributed by atoms with Crippen LogP contribution >= 0.6 is 11.6 Å². The van der Waals surface area contributed by atoms with Crippen molar-refractivity contribution in [3.05, 3.63) is 80.4 Å². The Balaban J connectivity index is 1.74. The van der Waals surface area contributed by atoms with E-state index in [-0.39, 0.29) is 22.4 Å². The van der Waals surface area contributed by atoms with Gasteiger partial charge in [-0.05, 0) is 107 Å². The molecule has 302 valence electrons. The van der Waals surface area contributed by atoms with Gasteiger partial charge in [-0.15, -0.1) is 0 Å². The predicted molar refractivity (Wildman–Crippen MR) is 234 cm³/mol. The van der Waals surface area contributed by atoms with Crippen LogP contribution in [-0.4, -0.2) is 44.4 Å². The molecule has 0 saturated carbocycles. The van der Waals surface area contributed by atoms with Crippen LogP contribution in [0.4, 0.5) is 17.1 Å². The van der Waals surface area contributed by atoms with E-state index in [4.69, 9.17) is 26.1 Å². The van der Waals surface area contributed by atoms with Crippen LogP contribution in [0.2, 0.25) is 5.02 Å². The number of ether oxygens (including phenoxy) is 2. The normalized spacial score (nSPS) is 11.6. The van der Waals surface area contributed by atoms with Crippen LogP contribution in [0.25, 0.3) is 0 Å². The second kappa shape index (κ2) is 23.3. The number of nitrogens with one attached hydrogen (secondary N) is 1. The average Bonchev–Trinajstić information content (AvgIpc) is 3.13. The zero-order chi connectivity index (χ0) is 40.5. The number of carbonyl (C=O) groups excluding carboxylic acids is 2. The molecule has 8 heteroatoms. The van der Waals surface area contributed by atoms with Gasteiger partial charge >= 0.3 is 5.97 Å². The molecule has 0 unspecified atom stereocenters. The highest BCUT2D eigenvalue weighted by molar-refractivity contribution is 6.50. The number of esters is 1. The first kappa shape index (κ1) is 45.5. The van der Waals surface area contributed by atoms with E-state index in [0.717, 1.165) is 58.3 Å². The summed E-state index contributed by atoms with van der Waals surface area (Å²) in [5.41, 5.74) is 8.37. The summed E-state index contributed by atoms with van der Waals surface area (Å²) >= 11 is 6.66. The standard InChI is InChI=1S/C47H68ClN3O4/c1-11-12-13-14-15-16-17-18-19-20-21-22-23-24-27-54-47(53)39-30-42(43(31-40(39)48)55-32(2)3)50-46(52)45(44-35(6)28-33(4)36(7)37(44)8)49-41-26-25-38(51(9)10)29-34(41)5/h25-26,28-32H,11-24,27H2,1-10H3,(H,50,52). The van der Waals surface area contributed by atoms with Crippen molar-refractivity contribution < 1.29 is 19.1 Å². The van der Waals surface area contributed by atoms with Crippen molar-refractivity contribution >= 4 is 46.3 Å². The maximum absolute atomic E-state index is 14.5. The van der Waals surface area contributed by atoms with Gasteiger partial charge < -0.3 is 19.7 Å². The number of carbonyl (C=O) groups is 2. The molecule has 0 bridgehead atoms. The Bertz CT molecular complexity index is 1750. The fraction of sp³-hybridized carbons (Fsp3) is 0.553. The molecule has 1 N–H and O–H groups in total. The van der Waals surface area contributed by atoms with Gasteiger partial charge in [-0.1, -0.05) is 108 Å². The number of halogens is 1. The molecule has 0 heterocycles. The van der Waals surface area contributed by atoms with E-state index in [9.17, 15) is 9.59 Å². The number of hydrogen-bond donors (Lipinski definition) is 1. The minimum absolute atomic E-state index is 0.172. The smallest absolute Gasteiger partial charge is 0.339 e. The third-order valence-corrected chi connectivity index (χ3v) is 10.7. The second-order valence-corrected chi connectivity index (χ2v) is 16.0. The molecule has 7 nitrogen and oxygen atoms in total. The van der Waals surface area contributed by atoms with E-state index < -0.39 is 11.9 Å². The quantitative estimate of drug-likeness (QED) is 0.0589. The Morgan fingerprint density at radius 1 is 0.745 bits per heavy atom. The number of unbranched alkanes of at least 4 members (excludes halogenated alkanes) is 13. The summed E-state index contributed by atoms with van der Waals surface area (Å²) in [4.78, 5) is 34.9. The summed E-state index contributed by atoms with van der Waals surface area (Å²) < 4.78 is 11.8. The third-order valence-electron chi connectivity index (χ3n) is 10.4. The number of benzene rings is 3. The summed E-state index contributed by atoms with van der Waals surface area (Å²) in [5, 5.41) is 3.25. The van der Waals surface area contributed by atoms with Gasteiger partial charge in [-0.25, -0.2) is 9.79 Å². The highest BCUT2D eigenvalue weighted by Gasteiger charge is 2.25. The predicted octanol–water partition coefficient (Wildman–Crippen LogP) is 13.1.